The van der Waals surface area contributed by atoms with Crippen molar-refractivity contribution in [1.29, 1.82) is 5.41 Å². The fourth-order valence-electron chi connectivity index (χ4n) is 3.66. The van der Waals surface area contributed by atoms with Gasteiger partial charge in [0.2, 0.25) is 17.6 Å². The zero-order valence-electron chi connectivity index (χ0n) is 19.1. The molecule has 0 spiro atoms. The molecule has 0 fully saturated rings. The summed E-state index contributed by atoms with van der Waals surface area (Å²) in [7, 11) is 3.14. The summed E-state index contributed by atoms with van der Waals surface area (Å²) in [6.07, 6.45) is 3.40. The second kappa shape index (κ2) is 10.0. The number of aryl methyl sites for hydroxylation is 1. The van der Waals surface area contributed by atoms with Crippen LogP contribution in [0.5, 0.6) is 5.88 Å². The Labute approximate surface area is 197 Å². The lowest BCUT2D eigenvalue weighted by Gasteiger charge is -2.20. The fourth-order valence-corrected chi connectivity index (χ4v) is 3.66. The van der Waals surface area contributed by atoms with Gasteiger partial charge in [0.25, 0.3) is 0 Å². The summed E-state index contributed by atoms with van der Waals surface area (Å²) in [6, 6.07) is 17.5. The van der Waals surface area contributed by atoms with Crippen molar-refractivity contribution in [2.45, 2.75) is 18.9 Å². The maximum atomic E-state index is 13.8. The standard InChI is InChI=1S/C25H25N7O2/c1-16-13-21(34-3)29-25(28-16)30-23(20-14-18-11-7-8-12-32(18)31-20)24(33)22(26)19(15-27-2)17-9-5-4-6-10-17/h4-15,19,23,26H,1-3H3,(H,28,29,30). The summed E-state index contributed by atoms with van der Waals surface area (Å²) < 4.78 is 6.93. The number of aliphatic imine (C=N–C) groups is 1. The van der Waals surface area contributed by atoms with E-state index in [0.717, 1.165) is 11.1 Å². The van der Waals surface area contributed by atoms with Gasteiger partial charge in [-0.25, -0.2) is 9.50 Å². The number of anilines is 1. The first-order valence-electron chi connectivity index (χ1n) is 10.7. The number of hydrogen-bond acceptors (Lipinski definition) is 8. The molecule has 9 nitrogen and oxygen atoms in total. The van der Waals surface area contributed by atoms with E-state index in [1.54, 1.807) is 36.1 Å². The number of carbonyl (C=O) groups is 1. The molecule has 2 atom stereocenters. The fraction of sp³-hybridized carbons (Fsp3) is 0.200. The molecule has 0 aliphatic rings. The zero-order valence-corrected chi connectivity index (χ0v) is 19.1. The molecule has 0 bridgehead atoms. The van der Waals surface area contributed by atoms with Crippen LogP contribution in [-0.2, 0) is 4.79 Å². The number of methoxy groups -OCH3 is 1. The molecule has 0 amide bonds. The van der Waals surface area contributed by atoms with E-state index in [9.17, 15) is 4.79 Å². The Morgan fingerprint density at radius 1 is 1.15 bits per heavy atom. The quantitative estimate of drug-likeness (QED) is 0.372. The topological polar surface area (TPSA) is 118 Å². The van der Waals surface area contributed by atoms with Crippen molar-refractivity contribution in [3.05, 3.63) is 83.8 Å². The van der Waals surface area contributed by atoms with Crippen molar-refractivity contribution in [3.8, 4) is 5.88 Å². The summed E-state index contributed by atoms with van der Waals surface area (Å²) in [5.74, 6) is -0.485. The van der Waals surface area contributed by atoms with E-state index in [0.29, 0.717) is 17.3 Å². The lowest BCUT2D eigenvalue weighted by Crippen LogP contribution is -2.32. The Hall–Kier alpha value is -4.40. The predicted molar refractivity (Wildman–Crippen MR) is 131 cm³/mol. The van der Waals surface area contributed by atoms with Crippen LogP contribution in [-0.4, -0.2) is 51.4 Å². The molecule has 3 heterocycles. The third kappa shape index (κ3) is 4.83. The molecule has 4 aromatic rings. The van der Waals surface area contributed by atoms with Gasteiger partial charge in [-0.3, -0.25) is 9.79 Å². The molecule has 0 saturated heterocycles. The van der Waals surface area contributed by atoms with Gasteiger partial charge in [-0.15, -0.1) is 0 Å². The smallest absolute Gasteiger partial charge is 0.227 e. The van der Waals surface area contributed by atoms with E-state index in [1.807, 2.05) is 55.5 Å². The van der Waals surface area contributed by atoms with Gasteiger partial charge >= 0.3 is 0 Å². The molecule has 9 heteroatoms. The van der Waals surface area contributed by atoms with Crippen LogP contribution in [0.15, 0.2) is 71.9 Å². The first kappa shape index (κ1) is 22.8. The number of aromatic nitrogens is 4. The molecular weight excluding hydrogens is 430 g/mol. The van der Waals surface area contributed by atoms with Gasteiger partial charge in [0.05, 0.1) is 30.0 Å². The van der Waals surface area contributed by atoms with Crippen molar-refractivity contribution in [2.75, 3.05) is 19.5 Å². The molecule has 0 aliphatic carbocycles. The molecule has 172 valence electrons. The second-order valence-corrected chi connectivity index (χ2v) is 7.67. The number of pyridine rings is 1. The number of fused-ring (bicyclic) bond motifs is 1. The van der Waals surface area contributed by atoms with Gasteiger partial charge in [0, 0.05) is 31.2 Å². The van der Waals surface area contributed by atoms with Crippen molar-refractivity contribution < 1.29 is 9.53 Å². The van der Waals surface area contributed by atoms with Gasteiger partial charge in [-0.1, -0.05) is 36.4 Å². The monoisotopic (exact) mass is 455 g/mol. The largest absolute Gasteiger partial charge is 0.481 e. The van der Waals surface area contributed by atoms with Crippen LogP contribution in [0.3, 0.4) is 0 Å². The molecule has 2 unspecified atom stereocenters. The van der Waals surface area contributed by atoms with Crippen molar-refractivity contribution in [2.24, 2.45) is 4.99 Å². The number of nitrogens with zero attached hydrogens (tertiary/aromatic N) is 5. The number of ether oxygens (including phenoxy) is 1. The average Bonchev–Trinajstić information content (AvgIpc) is 3.29. The number of benzene rings is 1. The molecule has 4 rings (SSSR count). The minimum atomic E-state index is -0.990. The maximum Gasteiger partial charge on any atom is 0.227 e. The van der Waals surface area contributed by atoms with Crippen LogP contribution in [0.25, 0.3) is 5.52 Å². The number of ketones is 1. The SMILES string of the molecule is CN=CC(C(=N)C(=O)C(Nc1nc(C)cc(OC)n1)c1cc2ccccn2n1)c1ccccc1. The lowest BCUT2D eigenvalue weighted by atomic mass is 9.89. The molecule has 1 aromatic carbocycles. The number of nitrogens with one attached hydrogen (secondary N) is 2. The summed E-state index contributed by atoms with van der Waals surface area (Å²) >= 11 is 0. The van der Waals surface area contributed by atoms with E-state index in [2.05, 4.69) is 25.4 Å². The van der Waals surface area contributed by atoms with Gasteiger partial charge in [-0.05, 0) is 30.7 Å². The van der Waals surface area contributed by atoms with Crippen molar-refractivity contribution >= 4 is 29.2 Å². The van der Waals surface area contributed by atoms with E-state index < -0.39 is 17.7 Å². The van der Waals surface area contributed by atoms with Gasteiger partial charge in [0.15, 0.2) is 0 Å². The van der Waals surface area contributed by atoms with Gasteiger partial charge < -0.3 is 15.5 Å². The summed E-state index contributed by atoms with van der Waals surface area (Å²) in [4.78, 5) is 26.6. The van der Waals surface area contributed by atoms with Crippen LogP contribution in [0, 0.1) is 12.3 Å². The number of hydrogen-bond donors (Lipinski definition) is 2. The highest BCUT2D eigenvalue weighted by atomic mass is 16.5. The summed E-state index contributed by atoms with van der Waals surface area (Å²) in [5.41, 5.74) is 2.62. The first-order chi connectivity index (χ1) is 16.5. The van der Waals surface area contributed by atoms with Crippen LogP contribution in [0.2, 0.25) is 0 Å². The third-order valence-electron chi connectivity index (χ3n) is 5.29. The molecule has 3 aromatic heterocycles. The van der Waals surface area contributed by atoms with Crippen molar-refractivity contribution in [3.63, 3.8) is 0 Å². The first-order valence-corrected chi connectivity index (χ1v) is 10.7. The Bertz CT molecular complexity index is 1310. The zero-order chi connectivity index (χ0) is 24.1. The van der Waals surface area contributed by atoms with E-state index >= 15 is 0 Å². The minimum Gasteiger partial charge on any atom is -0.481 e. The third-order valence-corrected chi connectivity index (χ3v) is 5.29. The van der Waals surface area contributed by atoms with Crippen LogP contribution >= 0.6 is 0 Å². The predicted octanol–water partition coefficient (Wildman–Crippen LogP) is 3.67. The Balaban J connectivity index is 1.75. The number of carbonyl (C=O) groups excluding carboxylic acids is 1. The van der Waals surface area contributed by atoms with Crippen LogP contribution in [0.1, 0.15) is 28.9 Å². The highest BCUT2D eigenvalue weighted by Gasteiger charge is 2.32. The van der Waals surface area contributed by atoms with E-state index in [4.69, 9.17) is 10.1 Å². The van der Waals surface area contributed by atoms with Crippen LogP contribution < -0.4 is 10.1 Å². The minimum absolute atomic E-state index is 0.119. The average molecular weight is 456 g/mol. The van der Waals surface area contributed by atoms with Crippen molar-refractivity contribution in [1.82, 2.24) is 19.6 Å². The number of rotatable bonds is 9. The highest BCUT2D eigenvalue weighted by molar-refractivity contribution is 6.45. The number of Topliss-reactive ketones (excluding diaryl/α,β-unsaturated/α-hetero) is 1. The molecule has 0 aliphatic heterocycles. The Morgan fingerprint density at radius 3 is 2.62 bits per heavy atom. The van der Waals surface area contributed by atoms with E-state index in [-0.39, 0.29) is 11.7 Å². The molecule has 34 heavy (non-hydrogen) atoms. The van der Waals surface area contributed by atoms with Gasteiger partial charge in [-0.2, -0.15) is 10.1 Å². The highest BCUT2D eigenvalue weighted by Crippen LogP contribution is 2.25. The van der Waals surface area contributed by atoms with E-state index in [1.165, 1.54) is 7.11 Å². The Kier molecular flexibility index (Phi) is 6.72. The van der Waals surface area contributed by atoms with Gasteiger partial charge in [0.1, 0.15) is 6.04 Å². The summed E-state index contributed by atoms with van der Waals surface area (Å²) in [5, 5.41) is 16.5. The maximum absolute atomic E-state index is 13.8. The molecule has 0 saturated carbocycles. The molecule has 0 radical (unpaired) electrons. The molecular formula is C25H25N7O2. The normalized spacial score (nSPS) is 13.0. The second-order valence-electron chi connectivity index (χ2n) is 7.67. The summed E-state index contributed by atoms with van der Waals surface area (Å²) in [6.45, 7) is 1.81. The Morgan fingerprint density at radius 2 is 1.91 bits per heavy atom. The molecule has 2 N–H and O–H groups in total. The van der Waals surface area contributed by atoms with Crippen LogP contribution in [0.4, 0.5) is 5.95 Å². The lowest BCUT2D eigenvalue weighted by molar-refractivity contribution is -0.114.